The molecule has 0 N–H and O–H groups in total. The van der Waals surface area contributed by atoms with E-state index in [1.807, 2.05) is 30.3 Å². The van der Waals surface area contributed by atoms with Gasteiger partial charge in [-0.3, -0.25) is 14.7 Å². The lowest BCUT2D eigenvalue weighted by Gasteiger charge is -2.35. The zero-order chi connectivity index (χ0) is 22.9. The molecule has 1 amide bonds. The molecule has 4 rings (SSSR count). The van der Waals surface area contributed by atoms with Crippen molar-refractivity contribution in [1.29, 1.82) is 0 Å². The molecule has 168 valence electrons. The van der Waals surface area contributed by atoms with Crippen molar-refractivity contribution in [3.8, 4) is 0 Å². The number of para-hydroxylation sites is 1. The zero-order valence-electron chi connectivity index (χ0n) is 16.9. The Kier molecular flexibility index (Phi) is 5.91. The van der Waals surface area contributed by atoms with Crippen molar-refractivity contribution < 1.29 is 26.4 Å². The second-order valence-electron chi connectivity index (χ2n) is 7.53. The van der Waals surface area contributed by atoms with E-state index >= 15 is 0 Å². The first kappa shape index (κ1) is 22.2. The van der Waals surface area contributed by atoms with Gasteiger partial charge in [-0.05, 0) is 35.9 Å². The Hall–Kier alpha value is -2.98. The van der Waals surface area contributed by atoms with Gasteiger partial charge in [-0.15, -0.1) is 0 Å². The number of fused-ring (bicyclic) bond motifs is 1. The minimum absolute atomic E-state index is 0.151. The first-order valence-corrected chi connectivity index (χ1v) is 11.4. The summed E-state index contributed by atoms with van der Waals surface area (Å²) in [5.74, 6) is -0.340. The molecule has 0 unspecified atom stereocenters. The second kappa shape index (κ2) is 8.51. The number of halogens is 3. The van der Waals surface area contributed by atoms with Gasteiger partial charge >= 0.3 is 5.51 Å². The molecule has 1 aliphatic heterocycles. The lowest BCUT2D eigenvalue weighted by atomic mass is 10.1. The molecule has 1 fully saturated rings. The van der Waals surface area contributed by atoms with Gasteiger partial charge in [0.05, 0.1) is 10.4 Å². The fourth-order valence-corrected chi connectivity index (χ4v) is 4.50. The number of carbonyl (C=O) groups is 1. The van der Waals surface area contributed by atoms with Gasteiger partial charge in [0.25, 0.3) is 15.7 Å². The van der Waals surface area contributed by atoms with Crippen LogP contribution in [0, 0.1) is 0 Å². The predicted octanol–water partition coefficient (Wildman–Crippen LogP) is 3.49. The van der Waals surface area contributed by atoms with E-state index in [4.69, 9.17) is 0 Å². The summed E-state index contributed by atoms with van der Waals surface area (Å²) >= 11 is 0. The van der Waals surface area contributed by atoms with Gasteiger partial charge in [0.2, 0.25) is 0 Å². The van der Waals surface area contributed by atoms with Crippen molar-refractivity contribution in [2.75, 3.05) is 26.2 Å². The van der Waals surface area contributed by atoms with Crippen molar-refractivity contribution in [1.82, 2.24) is 14.8 Å². The first-order valence-electron chi connectivity index (χ1n) is 9.92. The van der Waals surface area contributed by atoms with Crippen LogP contribution >= 0.6 is 0 Å². The Morgan fingerprint density at radius 2 is 1.59 bits per heavy atom. The summed E-state index contributed by atoms with van der Waals surface area (Å²) in [6.45, 7) is 2.88. The summed E-state index contributed by atoms with van der Waals surface area (Å²) in [4.78, 5) is 20.1. The predicted molar refractivity (Wildman–Crippen MR) is 113 cm³/mol. The quantitative estimate of drug-likeness (QED) is 0.593. The van der Waals surface area contributed by atoms with Crippen LogP contribution in [-0.4, -0.2) is 60.8 Å². The lowest BCUT2D eigenvalue weighted by Crippen LogP contribution is -2.48. The lowest BCUT2D eigenvalue weighted by molar-refractivity contribution is -0.0436. The van der Waals surface area contributed by atoms with E-state index in [0.29, 0.717) is 32.7 Å². The molecule has 0 atom stereocenters. The van der Waals surface area contributed by atoms with Crippen LogP contribution in [0.5, 0.6) is 0 Å². The van der Waals surface area contributed by atoms with Gasteiger partial charge in [-0.25, -0.2) is 8.42 Å². The smallest absolute Gasteiger partial charge is 0.336 e. The minimum atomic E-state index is -5.43. The Bertz CT molecular complexity index is 1230. The number of aromatic nitrogens is 1. The molecule has 1 aliphatic rings. The highest BCUT2D eigenvalue weighted by Gasteiger charge is 2.46. The summed E-state index contributed by atoms with van der Waals surface area (Å²) in [5.41, 5.74) is -3.18. The van der Waals surface area contributed by atoms with E-state index in [1.54, 1.807) is 11.1 Å². The molecule has 2 heterocycles. The van der Waals surface area contributed by atoms with Crippen molar-refractivity contribution in [2.24, 2.45) is 0 Å². The van der Waals surface area contributed by atoms with Crippen LogP contribution < -0.4 is 0 Å². The van der Waals surface area contributed by atoms with Crippen molar-refractivity contribution in [2.45, 2.75) is 16.9 Å². The molecule has 1 saturated heterocycles. The fraction of sp³-hybridized carbons (Fsp3) is 0.273. The van der Waals surface area contributed by atoms with Gasteiger partial charge in [-0.2, -0.15) is 13.2 Å². The number of carbonyl (C=O) groups excluding carboxylic acids is 1. The maximum absolute atomic E-state index is 12.7. The number of benzene rings is 2. The summed E-state index contributed by atoms with van der Waals surface area (Å²) in [6.07, 6.45) is 1.76. The van der Waals surface area contributed by atoms with Gasteiger partial charge in [0, 0.05) is 49.9 Å². The third-order valence-electron chi connectivity index (χ3n) is 5.49. The Balaban J connectivity index is 1.39. The van der Waals surface area contributed by atoms with Crippen molar-refractivity contribution in [3.63, 3.8) is 0 Å². The van der Waals surface area contributed by atoms with E-state index in [0.717, 1.165) is 40.7 Å². The normalized spacial score (nSPS) is 15.8. The number of sulfone groups is 1. The average Bonchev–Trinajstić information content (AvgIpc) is 2.79. The maximum atomic E-state index is 12.7. The summed E-state index contributed by atoms with van der Waals surface area (Å²) in [5, 5.41) is 1.06. The molecule has 0 aliphatic carbocycles. The second-order valence-corrected chi connectivity index (χ2v) is 9.48. The molecule has 6 nitrogen and oxygen atoms in total. The topological polar surface area (TPSA) is 70.6 Å². The molecule has 3 aromatic rings. The van der Waals surface area contributed by atoms with Gasteiger partial charge in [0.15, 0.2) is 0 Å². The summed E-state index contributed by atoms with van der Waals surface area (Å²) in [6, 6.07) is 13.8. The molecular weight excluding hydrogens is 443 g/mol. The monoisotopic (exact) mass is 463 g/mol. The van der Waals surface area contributed by atoms with Crippen molar-refractivity contribution >= 4 is 26.6 Å². The molecular formula is C22H20F3N3O3S. The van der Waals surface area contributed by atoms with E-state index in [9.17, 15) is 26.4 Å². The van der Waals surface area contributed by atoms with Gasteiger partial charge in [-0.1, -0.05) is 24.3 Å². The fourth-order valence-electron chi connectivity index (χ4n) is 3.74. The van der Waals surface area contributed by atoms with Crippen LogP contribution in [0.4, 0.5) is 13.2 Å². The Morgan fingerprint density at radius 3 is 2.25 bits per heavy atom. The number of amides is 1. The minimum Gasteiger partial charge on any atom is -0.336 e. The van der Waals surface area contributed by atoms with Crippen LogP contribution in [0.2, 0.25) is 0 Å². The highest BCUT2D eigenvalue weighted by atomic mass is 32.2. The highest BCUT2D eigenvalue weighted by molar-refractivity contribution is 7.92. The van der Waals surface area contributed by atoms with Gasteiger partial charge < -0.3 is 4.90 Å². The molecule has 0 bridgehead atoms. The molecule has 1 aromatic heterocycles. The number of piperazine rings is 1. The van der Waals surface area contributed by atoms with Crippen LogP contribution in [0.1, 0.15) is 15.9 Å². The highest BCUT2D eigenvalue weighted by Crippen LogP contribution is 2.30. The molecule has 0 spiro atoms. The third kappa shape index (κ3) is 4.33. The van der Waals surface area contributed by atoms with E-state index in [-0.39, 0.29) is 11.5 Å². The van der Waals surface area contributed by atoms with Gasteiger partial charge in [0.1, 0.15) is 0 Å². The van der Waals surface area contributed by atoms with Crippen LogP contribution in [0.3, 0.4) is 0 Å². The molecule has 10 heteroatoms. The van der Waals surface area contributed by atoms with Crippen LogP contribution in [0.25, 0.3) is 10.9 Å². The van der Waals surface area contributed by atoms with Crippen molar-refractivity contribution in [3.05, 3.63) is 71.9 Å². The largest absolute Gasteiger partial charge is 0.501 e. The number of hydrogen-bond donors (Lipinski definition) is 0. The standard InChI is InChI=1S/C22H20F3N3O3S/c23-22(24,25)32(30,31)19-8-6-17(7-9-19)21(29)28-13-11-27(12-14-28)15-18-4-1-3-16-5-2-10-26-20(16)18/h1-10H,11-15H2. The number of rotatable bonds is 4. The van der Waals surface area contributed by atoms with E-state index < -0.39 is 20.2 Å². The number of alkyl halides is 3. The molecule has 0 radical (unpaired) electrons. The Labute approximate surface area is 183 Å². The maximum Gasteiger partial charge on any atom is 0.501 e. The molecule has 32 heavy (non-hydrogen) atoms. The number of pyridine rings is 1. The molecule has 2 aromatic carbocycles. The molecule has 0 saturated carbocycles. The summed E-state index contributed by atoms with van der Waals surface area (Å²) < 4.78 is 61.0. The SMILES string of the molecule is O=C(c1ccc(S(=O)(=O)C(F)(F)F)cc1)N1CCN(Cc2cccc3cccnc23)CC1. The van der Waals surface area contributed by atoms with E-state index in [1.165, 1.54) is 0 Å². The number of hydrogen-bond acceptors (Lipinski definition) is 5. The van der Waals surface area contributed by atoms with E-state index in [2.05, 4.69) is 9.88 Å². The Morgan fingerprint density at radius 1 is 0.938 bits per heavy atom. The zero-order valence-corrected chi connectivity index (χ0v) is 17.7. The first-order chi connectivity index (χ1) is 15.2. The van der Waals surface area contributed by atoms with Crippen LogP contribution in [-0.2, 0) is 16.4 Å². The summed E-state index contributed by atoms with van der Waals surface area (Å²) in [7, 11) is -5.43. The third-order valence-corrected chi connectivity index (χ3v) is 6.99. The van der Waals surface area contributed by atoms with Crippen LogP contribution in [0.15, 0.2) is 65.7 Å². The average molecular weight is 463 g/mol. The number of nitrogens with zero attached hydrogens (tertiary/aromatic N) is 3.